The van der Waals surface area contributed by atoms with E-state index in [4.69, 9.17) is 15.2 Å². The Hall–Kier alpha value is -3.63. The Labute approximate surface area is 247 Å². The van der Waals surface area contributed by atoms with Crippen LogP contribution < -0.4 is 20.5 Å². The minimum atomic E-state index is -0.929. The second-order valence-corrected chi connectivity index (χ2v) is 13.1. The molecule has 5 rings (SSSR count). The van der Waals surface area contributed by atoms with Crippen LogP contribution in [0.5, 0.6) is 11.5 Å². The van der Waals surface area contributed by atoms with Crippen molar-refractivity contribution in [3.05, 3.63) is 59.4 Å². The van der Waals surface area contributed by atoms with Crippen LogP contribution in [0.2, 0.25) is 0 Å². The van der Waals surface area contributed by atoms with Gasteiger partial charge in [0.15, 0.2) is 0 Å². The number of nitrogens with zero attached hydrogens (tertiary/aromatic N) is 3. The zero-order valence-electron chi connectivity index (χ0n) is 25.1. The Kier molecular flexibility index (Phi) is 8.48. The molecule has 226 valence electrons. The maximum atomic E-state index is 12.8. The third-order valence-corrected chi connectivity index (χ3v) is 8.23. The summed E-state index contributed by atoms with van der Waals surface area (Å²) in [5.74, 6) is 0.690. The summed E-state index contributed by atoms with van der Waals surface area (Å²) in [5.41, 5.74) is 8.16. The predicted octanol–water partition coefficient (Wildman–Crippen LogP) is 3.13. The van der Waals surface area contributed by atoms with Crippen LogP contribution in [0.15, 0.2) is 42.7 Å². The summed E-state index contributed by atoms with van der Waals surface area (Å²) >= 11 is 0. The second kappa shape index (κ2) is 11.9. The Bertz CT molecular complexity index is 1430. The van der Waals surface area contributed by atoms with Gasteiger partial charge in [-0.3, -0.25) is 9.59 Å². The van der Waals surface area contributed by atoms with E-state index >= 15 is 0 Å². The van der Waals surface area contributed by atoms with Crippen molar-refractivity contribution in [2.45, 2.75) is 76.5 Å². The van der Waals surface area contributed by atoms with Crippen LogP contribution in [0.25, 0.3) is 5.52 Å². The number of carbonyl (C=O) groups is 2. The minimum absolute atomic E-state index is 0.0172. The van der Waals surface area contributed by atoms with Crippen molar-refractivity contribution in [1.29, 1.82) is 0 Å². The molecule has 0 radical (unpaired) electrons. The number of aromatic nitrogens is 2. The van der Waals surface area contributed by atoms with Crippen LogP contribution >= 0.6 is 0 Å². The van der Waals surface area contributed by atoms with E-state index < -0.39 is 11.5 Å². The summed E-state index contributed by atoms with van der Waals surface area (Å²) in [5, 5.41) is 17.4. The number of aryl methyl sites for hydroxylation is 1. The molecule has 0 aliphatic heterocycles. The van der Waals surface area contributed by atoms with Crippen LogP contribution in [0.1, 0.15) is 67.4 Å². The van der Waals surface area contributed by atoms with Gasteiger partial charge in [0.2, 0.25) is 5.91 Å². The van der Waals surface area contributed by atoms with Crippen molar-refractivity contribution in [3.8, 4) is 11.5 Å². The lowest BCUT2D eigenvalue weighted by atomic mass is 9.53. The number of nitrogens with two attached hydrogens (primary N) is 1. The molecular weight excluding hydrogens is 534 g/mol. The van der Waals surface area contributed by atoms with E-state index in [0.29, 0.717) is 17.1 Å². The Balaban J connectivity index is 1.08. The summed E-state index contributed by atoms with van der Waals surface area (Å²) in [6.45, 7) is 4.54. The lowest BCUT2D eigenvalue weighted by Crippen LogP contribution is -2.59. The molecule has 2 aliphatic rings. The Morgan fingerprint density at radius 3 is 2.64 bits per heavy atom. The highest BCUT2D eigenvalue weighted by Crippen LogP contribution is 2.57. The number of hydrogen-bond acceptors (Lipinski definition) is 7. The van der Waals surface area contributed by atoms with Gasteiger partial charge in [-0.2, -0.15) is 5.10 Å². The van der Waals surface area contributed by atoms with Gasteiger partial charge >= 0.3 is 0 Å². The molecule has 0 saturated heterocycles. The van der Waals surface area contributed by atoms with Crippen molar-refractivity contribution in [2.24, 2.45) is 11.1 Å². The highest BCUT2D eigenvalue weighted by atomic mass is 16.5. The number of hydrogen-bond donors (Lipinski definition) is 3. The summed E-state index contributed by atoms with van der Waals surface area (Å²) in [7, 11) is 4.12. The topological polar surface area (TPSA) is 131 Å². The van der Waals surface area contributed by atoms with Crippen LogP contribution in [-0.4, -0.2) is 76.4 Å². The van der Waals surface area contributed by atoms with Gasteiger partial charge < -0.3 is 30.5 Å². The lowest BCUT2D eigenvalue weighted by Gasteiger charge is -2.57. The largest absolute Gasteiger partial charge is 0.490 e. The summed E-state index contributed by atoms with van der Waals surface area (Å²) in [6.07, 6.45) is 9.39. The molecule has 10 nitrogen and oxygen atoms in total. The molecule has 3 aromatic rings. The number of aliphatic hydroxyl groups is 1. The first-order valence-electron chi connectivity index (χ1n) is 14.7. The van der Waals surface area contributed by atoms with Gasteiger partial charge in [0.05, 0.1) is 41.6 Å². The number of pyridine rings is 1. The van der Waals surface area contributed by atoms with Gasteiger partial charge in [-0.05, 0) is 108 Å². The molecule has 2 amide bonds. The van der Waals surface area contributed by atoms with Crippen molar-refractivity contribution >= 4 is 17.3 Å². The minimum Gasteiger partial charge on any atom is -0.490 e. The monoisotopic (exact) mass is 577 g/mol. The van der Waals surface area contributed by atoms with Crippen LogP contribution in [0.4, 0.5) is 0 Å². The maximum absolute atomic E-state index is 12.8. The number of amides is 2. The molecule has 0 atom stereocenters. The first-order chi connectivity index (χ1) is 19.9. The van der Waals surface area contributed by atoms with Gasteiger partial charge in [0.25, 0.3) is 5.91 Å². The predicted molar refractivity (Wildman–Crippen MR) is 160 cm³/mol. The lowest BCUT2D eigenvalue weighted by molar-refractivity contribution is -0.126. The fourth-order valence-electron chi connectivity index (χ4n) is 6.16. The van der Waals surface area contributed by atoms with E-state index in [1.165, 1.54) is 0 Å². The van der Waals surface area contributed by atoms with Crippen LogP contribution in [-0.2, 0) is 17.6 Å². The molecule has 2 heterocycles. The number of benzene rings is 1. The average Bonchev–Trinajstić information content (AvgIpc) is 3.26. The molecule has 42 heavy (non-hydrogen) atoms. The van der Waals surface area contributed by atoms with E-state index in [0.717, 1.165) is 61.7 Å². The molecule has 4 N–H and O–H groups in total. The number of ether oxygens (including phenoxy) is 2. The number of carbonyl (C=O) groups excluding carboxylic acids is 2. The van der Waals surface area contributed by atoms with Gasteiger partial charge in [0, 0.05) is 11.6 Å². The van der Waals surface area contributed by atoms with E-state index in [1.54, 1.807) is 36.8 Å². The van der Waals surface area contributed by atoms with Crippen LogP contribution in [0.3, 0.4) is 0 Å². The third-order valence-electron chi connectivity index (χ3n) is 8.23. The van der Waals surface area contributed by atoms with E-state index in [1.807, 2.05) is 24.3 Å². The number of fused-ring (bicyclic) bond motifs is 1. The first-order valence-corrected chi connectivity index (χ1v) is 14.7. The first kappa shape index (κ1) is 29.8. The van der Waals surface area contributed by atoms with Crippen molar-refractivity contribution in [1.82, 2.24) is 19.8 Å². The molecule has 10 heteroatoms. The van der Waals surface area contributed by atoms with Gasteiger partial charge in [0.1, 0.15) is 18.1 Å². The summed E-state index contributed by atoms with van der Waals surface area (Å²) < 4.78 is 13.6. The van der Waals surface area contributed by atoms with Crippen molar-refractivity contribution in [2.75, 3.05) is 27.2 Å². The van der Waals surface area contributed by atoms with Gasteiger partial charge in [-0.25, -0.2) is 4.52 Å². The molecule has 1 spiro atoms. The van der Waals surface area contributed by atoms with Crippen molar-refractivity contribution in [3.63, 3.8) is 0 Å². The third kappa shape index (κ3) is 7.22. The van der Waals surface area contributed by atoms with E-state index in [9.17, 15) is 14.7 Å². The van der Waals surface area contributed by atoms with Gasteiger partial charge in [-0.1, -0.05) is 6.07 Å². The van der Waals surface area contributed by atoms with E-state index in [-0.39, 0.29) is 36.5 Å². The van der Waals surface area contributed by atoms with Crippen molar-refractivity contribution < 1.29 is 24.2 Å². The Morgan fingerprint density at radius 2 is 1.95 bits per heavy atom. The van der Waals surface area contributed by atoms with E-state index in [2.05, 4.69) is 29.4 Å². The summed E-state index contributed by atoms with van der Waals surface area (Å²) in [6, 6.07) is 9.56. The SMILES string of the molecule is CN(C)CCCc1ccc(C(N)=O)c(OC2CC3(CC(NC(=O)Cc4cnn5cc(OCC(C)(C)O)ccc45)C3)C2)c1. The molecule has 2 saturated carbocycles. The highest BCUT2D eigenvalue weighted by molar-refractivity contribution is 5.95. The molecule has 0 bridgehead atoms. The quantitative estimate of drug-likeness (QED) is 0.284. The molecule has 1 aromatic carbocycles. The highest BCUT2D eigenvalue weighted by Gasteiger charge is 2.54. The normalized spacial score (nSPS) is 21.7. The molecular formula is C32H43N5O5. The zero-order valence-corrected chi connectivity index (χ0v) is 25.1. The standard InChI is InChI=1S/C32H43N5O5/c1-31(2,40)20-41-24-8-10-27-22(18-34-37(27)19-24)13-29(38)35-23-14-32(15-23)16-25(17-32)42-28-12-21(6-5-11-36(3)4)7-9-26(28)30(33)39/h7-10,12,18-19,23,25,40H,5-6,11,13-17,20H2,1-4H3,(H2,33,39)(H,35,38). The maximum Gasteiger partial charge on any atom is 0.252 e. The fourth-order valence-corrected chi connectivity index (χ4v) is 6.16. The molecule has 2 fully saturated rings. The number of rotatable bonds is 13. The molecule has 2 aliphatic carbocycles. The second-order valence-electron chi connectivity index (χ2n) is 13.1. The van der Waals surface area contributed by atoms with Gasteiger partial charge in [-0.15, -0.1) is 0 Å². The average molecular weight is 578 g/mol. The summed E-state index contributed by atoms with van der Waals surface area (Å²) in [4.78, 5) is 27.0. The zero-order chi connectivity index (χ0) is 30.1. The number of primary amides is 1. The molecule has 2 aromatic heterocycles. The van der Waals surface area contributed by atoms with Crippen LogP contribution in [0, 0.1) is 5.41 Å². The number of nitrogens with one attached hydrogen (secondary N) is 1. The smallest absolute Gasteiger partial charge is 0.252 e. The molecule has 0 unspecified atom stereocenters. The Morgan fingerprint density at radius 1 is 1.19 bits per heavy atom. The fraction of sp³-hybridized carbons (Fsp3) is 0.531.